The Kier molecular flexibility index (Phi) is 7.53. The minimum absolute atomic E-state index is 0.140. The first-order valence-electron chi connectivity index (χ1n) is 9.69. The number of halogens is 2. The third-order valence-corrected chi connectivity index (χ3v) is 6.66. The summed E-state index contributed by atoms with van der Waals surface area (Å²) >= 11 is 5.85. The van der Waals surface area contributed by atoms with Crippen LogP contribution in [-0.4, -0.2) is 26.6 Å². The number of carbonyl (C=O) groups excluding carboxylic acids is 1. The fourth-order valence-corrected chi connectivity index (χ4v) is 4.90. The van der Waals surface area contributed by atoms with Crippen LogP contribution in [-0.2, 0) is 14.8 Å². The highest BCUT2D eigenvalue weighted by atomic mass is 35.5. The van der Waals surface area contributed by atoms with E-state index in [2.05, 4.69) is 11.4 Å². The van der Waals surface area contributed by atoms with Gasteiger partial charge in [-0.05, 0) is 74.6 Å². The second kappa shape index (κ2) is 9.35. The Labute approximate surface area is 183 Å². The zero-order valence-corrected chi connectivity index (χ0v) is 19.7. The molecule has 0 saturated heterocycles. The van der Waals surface area contributed by atoms with Gasteiger partial charge in [-0.3, -0.25) is 9.10 Å². The normalized spacial score (nSPS) is 13.6. The van der Waals surface area contributed by atoms with Gasteiger partial charge in [0.15, 0.2) is 0 Å². The molecule has 1 N–H and O–H groups in total. The van der Waals surface area contributed by atoms with E-state index in [1.165, 1.54) is 12.1 Å². The Morgan fingerprint density at radius 3 is 2.27 bits per heavy atom. The number of benzene rings is 2. The number of nitrogens with zero attached hydrogens (tertiary/aromatic N) is 1. The Morgan fingerprint density at radius 1 is 1.13 bits per heavy atom. The van der Waals surface area contributed by atoms with Gasteiger partial charge in [-0.1, -0.05) is 30.7 Å². The highest BCUT2D eigenvalue weighted by Crippen LogP contribution is 2.28. The van der Waals surface area contributed by atoms with Crippen molar-refractivity contribution >= 4 is 33.2 Å². The van der Waals surface area contributed by atoms with Crippen LogP contribution < -0.4 is 9.62 Å². The second-order valence-electron chi connectivity index (χ2n) is 7.60. The van der Waals surface area contributed by atoms with Gasteiger partial charge in [0.1, 0.15) is 11.9 Å². The monoisotopic (exact) mass is 454 g/mol. The number of rotatable bonds is 7. The van der Waals surface area contributed by atoms with E-state index < -0.39 is 27.8 Å². The summed E-state index contributed by atoms with van der Waals surface area (Å²) in [5.74, 6) is -1.10. The number of amides is 1. The van der Waals surface area contributed by atoms with Crippen molar-refractivity contribution in [1.29, 1.82) is 0 Å². The van der Waals surface area contributed by atoms with Crippen molar-refractivity contribution in [1.82, 2.24) is 5.32 Å². The Bertz CT molecular complexity index is 1060. The molecule has 0 fully saturated rings. The van der Waals surface area contributed by atoms with Gasteiger partial charge in [-0.25, -0.2) is 12.8 Å². The van der Waals surface area contributed by atoms with Crippen LogP contribution in [0.4, 0.5) is 10.1 Å². The molecule has 30 heavy (non-hydrogen) atoms. The fraction of sp³-hybridized carbons (Fsp3) is 0.409. The molecule has 2 aromatic carbocycles. The summed E-state index contributed by atoms with van der Waals surface area (Å²) in [5.41, 5.74) is 4.43. The van der Waals surface area contributed by atoms with Crippen molar-refractivity contribution in [3.05, 3.63) is 63.4 Å². The zero-order chi connectivity index (χ0) is 22.8. The van der Waals surface area contributed by atoms with Crippen LogP contribution in [0.15, 0.2) is 30.3 Å². The maximum atomic E-state index is 13.6. The highest BCUT2D eigenvalue weighted by Gasteiger charge is 2.32. The smallest absolute Gasteiger partial charge is 0.244 e. The van der Waals surface area contributed by atoms with E-state index in [9.17, 15) is 17.6 Å². The van der Waals surface area contributed by atoms with Crippen molar-refractivity contribution < 1.29 is 17.6 Å². The quantitative estimate of drug-likeness (QED) is 0.651. The lowest BCUT2D eigenvalue weighted by Gasteiger charge is -2.31. The van der Waals surface area contributed by atoms with Crippen molar-refractivity contribution in [3.63, 3.8) is 0 Å². The Hall–Kier alpha value is -2.12. The molecule has 5 nitrogen and oxygen atoms in total. The van der Waals surface area contributed by atoms with E-state index in [0.717, 1.165) is 38.9 Å². The maximum Gasteiger partial charge on any atom is 0.244 e. The van der Waals surface area contributed by atoms with Crippen molar-refractivity contribution in [3.8, 4) is 0 Å². The van der Waals surface area contributed by atoms with Crippen molar-refractivity contribution in [2.75, 3.05) is 10.6 Å². The molecule has 164 valence electrons. The number of nitrogens with one attached hydrogen (secondary N) is 1. The van der Waals surface area contributed by atoms with Gasteiger partial charge >= 0.3 is 0 Å². The van der Waals surface area contributed by atoms with E-state index in [4.69, 9.17) is 11.6 Å². The average Bonchev–Trinajstić information content (AvgIpc) is 2.63. The zero-order valence-electron chi connectivity index (χ0n) is 18.1. The predicted octanol–water partition coefficient (Wildman–Crippen LogP) is 4.83. The van der Waals surface area contributed by atoms with E-state index >= 15 is 0 Å². The van der Waals surface area contributed by atoms with Crippen LogP contribution in [0.1, 0.15) is 48.6 Å². The maximum absolute atomic E-state index is 13.6. The molecule has 0 spiro atoms. The molecule has 0 saturated carbocycles. The van der Waals surface area contributed by atoms with Crippen molar-refractivity contribution in [2.24, 2.45) is 0 Å². The van der Waals surface area contributed by atoms with Crippen molar-refractivity contribution in [2.45, 2.75) is 53.1 Å². The topological polar surface area (TPSA) is 66.5 Å². The lowest BCUT2D eigenvalue weighted by Crippen LogP contribution is -2.49. The average molecular weight is 455 g/mol. The lowest BCUT2D eigenvalue weighted by molar-refractivity contribution is -0.122. The number of sulfonamides is 1. The summed E-state index contributed by atoms with van der Waals surface area (Å²) in [4.78, 5) is 13.1. The minimum atomic E-state index is -3.83. The molecule has 0 aromatic heterocycles. The summed E-state index contributed by atoms with van der Waals surface area (Å²) in [6.45, 7) is 9.59. The van der Waals surface area contributed by atoms with Crippen LogP contribution in [0.2, 0.25) is 5.02 Å². The first-order chi connectivity index (χ1) is 13.9. The van der Waals surface area contributed by atoms with Gasteiger partial charge in [-0.2, -0.15) is 0 Å². The van der Waals surface area contributed by atoms with E-state index in [0.29, 0.717) is 0 Å². The van der Waals surface area contributed by atoms with Crippen LogP contribution in [0.25, 0.3) is 0 Å². The standard InChI is InChI=1S/C22H28ClFN2O3S/c1-7-21(26(30(6,28)29)17-8-9-20(24)19(23)12-17)22(27)25-16(5)18-11-14(3)13(2)10-15(18)4/h8-12,16,21H,7H2,1-6H3,(H,25,27)/t16-,21+/m0/s1. The van der Waals surface area contributed by atoms with Gasteiger partial charge in [0.2, 0.25) is 15.9 Å². The molecule has 0 bridgehead atoms. The summed E-state index contributed by atoms with van der Waals surface area (Å²) in [5, 5.41) is 2.72. The molecule has 0 aliphatic heterocycles. The minimum Gasteiger partial charge on any atom is -0.348 e. The Balaban J connectivity index is 2.38. The van der Waals surface area contributed by atoms with Crippen LogP contribution >= 0.6 is 11.6 Å². The number of aryl methyl sites for hydroxylation is 3. The fourth-order valence-electron chi connectivity index (χ4n) is 3.52. The molecule has 0 heterocycles. The number of hydrogen-bond donors (Lipinski definition) is 1. The van der Waals surface area contributed by atoms with Crippen LogP contribution in [0.5, 0.6) is 0 Å². The number of carbonyl (C=O) groups is 1. The second-order valence-corrected chi connectivity index (χ2v) is 9.87. The Morgan fingerprint density at radius 2 is 1.73 bits per heavy atom. The van der Waals surface area contributed by atoms with Crippen LogP contribution in [0.3, 0.4) is 0 Å². The summed E-state index contributed by atoms with van der Waals surface area (Å²) < 4.78 is 39.6. The largest absolute Gasteiger partial charge is 0.348 e. The predicted molar refractivity (Wildman–Crippen MR) is 120 cm³/mol. The van der Waals surface area contributed by atoms with Gasteiger partial charge in [0.05, 0.1) is 23.0 Å². The summed E-state index contributed by atoms with van der Waals surface area (Å²) in [6, 6.07) is 6.37. The number of anilines is 1. The molecule has 0 aliphatic carbocycles. The third kappa shape index (κ3) is 5.32. The molecule has 2 atom stereocenters. The van der Waals surface area contributed by atoms with Gasteiger partial charge in [0, 0.05) is 0 Å². The first-order valence-corrected chi connectivity index (χ1v) is 11.9. The molecule has 2 aromatic rings. The number of hydrogen-bond acceptors (Lipinski definition) is 3. The SMILES string of the molecule is CC[C@H](C(=O)N[C@@H](C)c1cc(C)c(C)cc1C)N(c1ccc(F)c(Cl)c1)S(C)(=O)=O. The molecular formula is C22H28ClFN2O3S. The molecule has 1 amide bonds. The van der Waals surface area contributed by atoms with Gasteiger partial charge in [0.25, 0.3) is 0 Å². The van der Waals surface area contributed by atoms with E-state index in [1.54, 1.807) is 6.92 Å². The van der Waals surface area contributed by atoms with Crippen LogP contribution in [0, 0.1) is 26.6 Å². The molecule has 0 radical (unpaired) electrons. The summed E-state index contributed by atoms with van der Waals surface area (Å²) in [7, 11) is -3.83. The van der Waals surface area contributed by atoms with E-state index in [-0.39, 0.29) is 23.2 Å². The molecule has 2 rings (SSSR count). The lowest BCUT2D eigenvalue weighted by atomic mass is 9.96. The molecular weight excluding hydrogens is 427 g/mol. The molecule has 0 aliphatic rings. The first kappa shape index (κ1) is 24.2. The van der Waals surface area contributed by atoms with E-state index in [1.807, 2.05) is 33.8 Å². The molecule has 0 unspecified atom stereocenters. The van der Waals surface area contributed by atoms with Gasteiger partial charge < -0.3 is 5.32 Å². The molecule has 8 heteroatoms. The third-order valence-electron chi connectivity index (χ3n) is 5.20. The summed E-state index contributed by atoms with van der Waals surface area (Å²) in [6.07, 6.45) is 1.24. The highest BCUT2D eigenvalue weighted by molar-refractivity contribution is 7.92. The van der Waals surface area contributed by atoms with Gasteiger partial charge in [-0.15, -0.1) is 0 Å².